The van der Waals surface area contributed by atoms with Gasteiger partial charge in [0, 0.05) is 6.54 Å². The lowest BCUT2D eigenvalue weighted by Gasteiger charge is -2.18. The highest BCUT2D eigenvalue weighted by atomic mass is 79.9. The molecule has 3 nitrogen and oxygen atoms in total. The van der Waals surface area contributed by atoms with Crippen molar-refractivity contribution in [3.8, 4) is 5.75 Å². The van der Waals surface area contributed by atoms with Crippen LogP contribution in [0.15, 0.2) is 53.0 Å². The Bertz CT molecular complexity index is 545. The molecular formula is C16H18BrNO2. The van der Waals surface area contributed by atoms with E-state index in [1.165, 1.54) is 5.56 Å². The summed E-state index contributed by atoms with van der Waals surface area (Å²) in [5.74, 6) is 0.786. The predicted molar refractivity (Wildman–Crippen MR) is 83.8 cm³/mol. The number of ether oxygens (including phenoxy) is 1. The van der Waals surface area contributed by atoms with Gasteiger partial charge in [0.25, 0.3) is 0 Å². The van der Waals surface area contributed by atoms with E-state index in [-0.39, 0.29) is 12.6 Å². The fraction of sp³-hybridized carbons (Fsp3) is 0.250. The second-order valence-corrected chi connectivity index (χ2v) is 5.35. The van der Waals surface area contributed by atoms with Gasteiger partial charge in [-0.05, 0) is 39.2 Å². The molecule has 0 spiro atoms. The highest BCUT2D eigenvalue weighted by molar-refractivity contribution is 9.10. The summed E-state index contributed by atoms with van der Waals surface area (Å²) < 4.78 is 6.10. The minimum absolute atomic E-state index is 0.0472. The van der Waals surface area contributed by atoms with E-state index in [4.69, 9.17) is 4.74 Å². The molecule has 1 atom stereocenters. The number of halogens is 1. The quantitative estimate of drug-likeness (QED) is 0.851. The molecule has 0 amide bonds. The van der Waals surface area contributed by atoms with Crippen LogP contribution in [-0.4, -0.2) is 18.8 Å². The van der Waals surface area contributed by atoms with Crippen molar-refractivity contribution in [2.75, 3.05) is 13.7 Å². The largest absolute Gasteiger partial charge is 0.496 e. The molecule has 2 N–H and O–H groups in total. The van der Waals surface area contributed by atoms with Crippen LogP contribution >= 0.6 is 15.9 Å². The molecule has 0 saturated heterocycles. The van der Waals surface area contributed by atoms with Crippen molar-refractivity contribution in [2.24, 2.45) is 0 Å². The Morgan fingerprint density at radius 2 is 1.95 bits per heavy atom. The van der Waals surface area contributed by atoms with Crippen molar-refractivity contribution < 1.29 is 9.84 Å². The maximum absolute atomic E-state index is 9.57. The van der Waals surface area contributed by atoms with Crippen molar-refractivity contribution in [2.45, 2.75) is 12.6 Å². The van der Waals surface area contributed by atoms with Crippen LogP contribution in [0.1, 0.15) is 17.2 Å². The van der Waals surface area contributed by atoms with E-state index >= 15 is 0 Å². The van der Waals surface area contributed by atoms with Crippen LogP contribution in [0.3, 0.4) is 0 Å². The summed E-state index contributed by atoms with van der Waals surface area (Å²) in [6, 6.07) is 15.9. The molecular weight excluding hydrogens is 318 g/mol. The first kappa shape index (κ1) is 15.0. The molecule has 2 aromatic rings. The zero-order valence-corrected chi connectivity index (χ0v) is 12.9. The molecule has 0 aliphatic carbocycles. The molecule has 0 saturated carbocycles. The van der Waals surface area contributed by atoms with Crippen molar-refractivity contribution in [3.05, 3.63) is 64.1 Å². The van der Waals surface area contributed by atoms with Crippen molar-refractivity contribution in [1.82, 2.24) is 5.32 Å². The highest BCUT2D eigenvalue weighted by Gasteiger charge is 2.11. The van der Waals surface area contributed by atoms with Gasteiger partial charge in [0.15, 0.2) is 0 Å². The third-order valence-corrected chi connectivity index (χ3v) is 3.78. The second kappa shape index (κ2) is 7.43. The lowest BCUT2D eigenvalue weighted by Crippen LogP contribution is -2.24. The van der Waals surface area contributed by atoms with E-state index in [2.05, 4.69) is 33.4 Å². The van der Waals surface area contributed by atoms with Crippen LogP contribution in [0.5, 0.6) is 5.75 Å². The summed E-state index contributed by atoms with van der Waals surface area (Å²) in [6.45, 7) is 0.765. The topological polar surface area (TPSA) is 41.5 Å². The minimum atomic E-state index is -0.0996. The van der Waals surface area contributed by atoms with Crippen LogP contribution in [0.2, 0.25) is 0 Å². The number of methoxy groups -OCH3 is 1. The number of aliphatic hydroxyl groups excluding tert-OH is 1. The van der Waals surface area contributed by atoms with Gasteiger partial charge in [-0.1, -0.05) is 36.4 Å². The molecule has 2 rings (SSSR count). The van der Waals surface area contributed by atoms with Gasteiger partial charge < -0.3 is 15.2 Å². The first-order valence-corrected chi connectivity index (χ1v) is 7.25. The van der Waals surface area contributed by atoms with Gasteiger partial charge in [-0.15, -0.1) is 0 Å². The third-order valence-electron chi connectivity index (χ3n) is 3.16. The lowest BCUT2D eigenvalue weighted by molar-refractivity contribution is 0.243. The third kappa shape index (κ3) is 3.82. The monoisotopic (exact) mass is 335 g/mol. The van der Waals surface area contributed by atoms with Crippen molar-refractivity contribution in [1.29, 1.82) is 0 Å². The minimum Gasteiger partial charge on any atom is -0.496 e. The number of rotatable bonds is 6. The molecule has 0 heterocycles. The number of benzene rings is 2. The molecule has 0 aromatic heterocycles. The molecule has 0 fully saturated rings. The summed E-state index contributed by atoms with van der Waals surface area (Å²) >= 11 is 3.47. The Kier molecular flexibility index (Phi) is 5.59. The standard InChI is InChI=1S/C16H18BrNO2/c1-20-16-8-7-13(9-14(16)17)15(11-19)18-10-12-5-3-2-4-6-12/h2-9,15,18-19H,10-11H2,1H3. The van der Waals surface area contributed by atoms with E-state index in [0.717, 1.165) is 22.3 Å². The average Bonchev–Trinajstić information content (AvgIpc) is 2.49. The van der Waals surface area contributed by atoms with Crippen LogP contribution < -0.4 is 10.1 Å². The van der Waals surface area contributed by atoms with E-state index in [1.54, 1.807) is 7.11 Å². The van der Waals surface area contributed by atoms with Gasteiger partial charge in [0.2, 0.25) is 0 Å². The Hall–Kier alpha value is -1.36. The molecule has 0 aliphatic rings. The summed E-state index contributed by atoms with van der Waals surface area (Å²) in [6.07, 6.45) is 0. The second-order valence-electron chi connectivity index (χ2n) is 4.50. The van der Waals surface area contributed by atoms with Gasteiger partial charge in [-0.3, -0.25) is 0 Å². The molecule has 0 aliphatic heterocycles. The van der Waals surface area contributed by atoms with Gasteiger partial charge in [0.1, 0.15) is 5.75 Å². The van der Waals surface area contributed by atoms with E-state index in [0.29, 0.717) is 0 Å². The maximum atomic E-state index is 9.57. The molecule has 1 unspecified atom stereocenters. The fourth-order valence-corrected chi connectivity index (χ4v) is 2.58. The molecule has 4 heteroatoms. The molecule has 106 valence electrons. The summed E-state index contributed by atoms with van der Waals surface area (Å²) in [5, 5.41) is 12.9. The molecule has 0 radical (unpaired) electrons. The molecule has 20 heavy (non-hydrogen) atoms. The normalized spacial score (nSPS) is 12.2. The Morgan fingerprint density at radius 3 is 2.55 bits per heavy atom. The van der Waals surface area contributed by atoms with E-state index in [9.17, 15) is 5.11 Å². The maximum Gasteiger partial charge on any atom is 0.133 e. The van der Waals surface area contributed by atoms with Crippen LogP contribution in [0.25, 0.3) is 0 Å². The van der Waals surface area contributed by atoms with Gasteiger partial charge in [-0.25, -0.2) is 0 Å². The lowest BCUT2D eigenvalue weighted by atomic mass is 10.1. The van der Waals surface area contributed by atoms with E-state index < -0.39 is 0 Å². The SMILES string of the molecule is COc1ccc(C(CO)NCc2ccccc2)cc1Br. The van der Waals surface area contributed by atoms with Gasteiger partial charge in [-0.2, -0.15) is 0 Å². The zero-order valence-electron chi connectivity index (χ0n) is 11.3. The average molecular weight is 336 g/mol. The predicted octanol–water partition coefficient (Wildman–Crippen LogP) is 3.28. The first-order valence-electron chi connectivity index (χ1n) is 6.46. The van der Waals surface area contributed by atoms with Crippen molar-refractivity contribution in [3.63, 3.8) is 0 Å². The van der Waals surface area contributed by atoms with Crippen LogP contribution in [0, 0.1) is 0 Å². The fourth-order valence-electron chi connectivity index (χ4n) is 2.02. The van der Waals surface area contributed by atoms with Gasteiger partial charge >= 0.3 is 0 Å². The van der Waals surface area contributed by atoms with E-state index in [1.807, 2.05) is 36.4 Å². The molecule has 0 bridgehead atoms. The van der Waals surface area contributed by atoms with Gasteiger partial charge in [0.05, 0.1) is 24.2 Å². The number of hydrogen-bond donors (Lipinski definition) is 2. The molecule has 2 aromatic carbocycles. The summed E-state index contributed by atoms with van der Waals surface area (Å²) in [7, 11) is 1.64. The van der Waals surface area contributed by atoms with Crippen molar-refractivity contribution >= 4 is 15.9 Å². The first-order chi connectivity index (χ1) is 9.74. The number of nitrogens with one attached hydrogen (secondary N) is 1. The summed E-state index contributed by atoms with van der Waals surface area (Å²) in [4.78, 5) is 0. The Morgan fingerprint density at radius 1 is 1.20 bits per heavy atom. The number of hydrogen-bond acceptors (Lipinski definition) is 3. The van der Waals surface area contributed by atoms with Crippen LogP contribution in [0.4, 0.5) is 0 Å². The smallest absolute Gasteiger partial charge is 0.133 e. The van der Waals surface area contributed by atoms with Crippen LogP contribution in [-0.2, 0) is 6.54 Å². The Balaban J connectivity index is 2.06. The zero-order chi connectivity index (χ0) is 14.4. The highest BCUT2D eigenvalue weighted by Crippen LogP contribution is 2.28. The number of aliphatic hydroxyl groups is 1. The summed E-state index contributed by atoms with van der Waals surface area (Å²) in [5.41, 5.74) is 2.22. The Labute approximate surface area is 127 Å².